The topological polar surface area (TPSA) is 51.5 Å². The van der Waals surface area contributed by atoms with E-state index in [4.69, 9.17) is 9.15 Å². The van der Waals surface area contributed by atoms with Gasteiger partial charge in [0.25, 0.3) is 0 Å². The largest absolute Gasteiger partial charge is 0.464 e. The molecule has 0 unspecified atom stereocenters. The van der Waals surface area contributed by atoms with Crippen LogP contribution in [0.5, 0.6) is 0 Å². The molecule has 0 aliphatic carbocycles. The van der Waals surface area contributed by atoms with E-state index in [1.54, 1.807) is 0 Å². The lowest BCUT2D eigenvalue weighted by molar-refractivity contribution is 0.0497. The van der Waals surface area contributed by atoms with E-state index >= 15 is 0 Å². The van der Waals surface area contributed by atoms with Gasteiger partial charge in [-0.2, -0.15) is 0 Å². The Balaban J connectivity index is 2.15. The van der Waals surface area contributed by atoms with Crippen LogP contribution in [0.1, 0.15) is 57.2 Å². The molecule has 0 saturated heterocycles. The highest BCUT2D eigenvalue weighted by atomic mass is 16.6. The first kappa shape index (κ1) is 18.1. The fourth-order valence-corrected chi connectivity index (χ4v) is 2.48. The second-order valence-electron chi connectivity index (χ2n) is 6.94. The van der Waals surface area contributed by atoms with Crippen molar-refractivity contribution in [3.05, 3.63) is 59.5 Å². The zero-order valence-corrected chi connectivity index (χ0v) is 15.0. The first-order valence-electron chi connectivity index (χ1n) is 8.49. The van der Waals surface area contributed by atoms with Crippen LogP contribution in [0.3, 0.4) is 0 Å². The van der Waals surface area contributed by atoms with Gasteiger partial charge in [0.05, 0.1) is 6.04 Å². The molecule has 0 spiro atoms. The van der Waals surface area contributed by atoms with Gasteiger partial charge in [0.1, 0.15) is 17.1 Å². The molecule has 1 aromatic heterocycles. The summed E-state index contributed by atoms with van der Waals surface area (Å²) in [7, 11) is 0. The van der Waals surface area contributed by atoms with Gasteiger partial charge in [-0.25, -0.2) is 4.79 Å². The van der Waals surface area contributed by atoms with Crippen molar-refractivity contribution in [2.24, 2.45) is 0 Å². The van der Waals surface area contributed by atoms with Crippen LogP contribution in [-0.4, -0.2) is 11.7 Å². The Kier molecular flexibility index (Phi) is 6.07. The molecule has 1 aromatic carbocycles. The van der Waals surface area contributed by atoms with Gasteiger partial charge in [-0.1, -0.05) is 37.3 Å². The number of alkyl carbamates (subject to hydrolysis) is 1. The van der Waals surface area contributed by atoms with Crippen molar-refractivity contribution in [3.63, 3.8) is 0 Å². The Morgan fingerprint density at radius 1 is 1.17 bits per heavy atom. The maximum absolute atomic E-state index is 12.2. The molecule has 130 valence electrons. The maximum Gasteiger partial charge on any atom is 0.408 e. The van der Waals surface area contributed by atoms with Crippen molar-refractivity contribution >= 4 is 6.09 Å². The number of amides is 1. The van der Waals surface area contributed by atoms with E-state index in [0.29, 0.717) is 6.42 Å². The number of carbonyl (C=O) groups is 1. The Morgan fingerprint density at radius 3 is 2.50 bits per heavy atom. The highest BCUT2D eigenvalue weighted by Crippen LogP contribution is 2.22. The highest BCUT2D eigenvalue weighted by Gasteiger charge is 2.23. The van der Waals surface area contributed by atoms with Crippen LogP contribution in [0.15, 0.2) is 46.9 Å². The van der Waals surface area contributed by atoms with E-state index in [1.165, 1.54) is 0 Å². The predicted molar refractivity (Wildman–Crippen MR) is 95.0 cm³/mol. The molecule has 0 bridgehead atoms. The van der Waals surface area contributed by atoms with Crippen molar-refractivity contribution in [2.75, 3.05) is 0 Å². The summed E-state index contributed by atoms with van der Waals surface area (Å²) in [5.74, 6) is 1.70. The Bertz CT molecular complexity index is 640. The minimum Gasteiger partial charge on any atom is -0.464 e. The molecule has 4 heteroatoms. The maximum atomic E-state index is 12.2. The molecule has 24 heavy (non-hydrogen) atoms. The number of rotatable bonds is 6. The molecule has 0 fully saturated rings. The number of hydrogen-bond donors (Lipinski definition) is 1. The number of aryl methyl sites for hydroxylation is 1. The van der Waals surface area contributed by atoms with E-state index in [-0.39, 0.29) is 6.04 Å². The third-order valence-corrected chi connectivity index (χ3v) is 3.50. The summed E-state index contributed by atoms with van der Waals surface area (Å²) < 4.78 is 11.3. The number of carbonyl (C=O) groups excluding carboxylic acids is 1. The quantitative estimate of drug-likeness (QED) is 0.807. The molecular formula is C20H27NO3. The van der Waals surface area contributed by atoms with Crippen molar-refractivity contribution in [1.29, 1.82) is 0 Å². The summed E-state index contributed by atoms with van der Waals surface area (Å²) in [6, 6.07) is 13.7. The normalized spacial score (nSPS) is 12.7. The number of hydrogen-bond acceptors (Lipinski definition) is 3. The number of furan rings is 1. The standard InChI is InChI=1S/C20H27NO3/c1-5-9-16-12-13-18(23-16)17(14-15-10-7-6-8-11-15)21-19(22)24-20(2,3)4/h6-8,10-13,17H,5,9,14H2,1-4H3,(H,21,22)/t17-/m1/s1. The van der Waals surface area contributed by atoms with E-state index in [0.717, 1.165) is 29.9 Å². The molecule has 1 atom stereocenters. The fourth-order valence-electron chi connectivity index (χ4n) is 2.48. The average molecular weight is 329 g/mol. The second kappa shape index (κ2) is 8.04. The summed E-state index contributed by atoms with van der Waals surface area (Å²) in [6.45, 7) is 7.67. The lowest BCUT2D eigenvalue weighted by Crippen LogP contribution is -2.35. The Morgan fingerprint density at radius 2 is 1.88 bits per heavy atom. The van der Waals surface area contributed by atoms with Gasteiger partial charge in [0, 0.05) is 12.8 Å². The highest BCUT2D eigenvalue weighted by molar-refractivity contribution is 5.68. The lowest BCUT2D eigenvalue weighted by atomic mass is 10.0. The van der Waals surface area contributed by atoms with Crippen LogP contribution in [0.2, 0.25) is 0 Å². The molecule has 0 radical (unpaired) electrons. The number of nitrogens with one attached hydrogen (secondary N) is 1. The molecule has 2 rings (SSSR count). The SMILES string of the molecule is CCCc1ccc([C@@H](Cc2ccccc2)NC(=O)OC(C)(C)C)o1. The molecule has 1 heterocycles. The van der Waals surface area contributed by atoms with Crippen LogP contribution in [0.4, 0.5) is 4.79 Å². The van der Waals surface area contributed by atoms with Crippen LogP contribution in [0, 0.1) is 0 Å². The van der Waals surface area contributed by atoms with Gasteiger partial charge >= 0.3 is 6.09 Å². The van der Waals surface area contributed by atoms with Crippen LogP contribution in [0.25, 0.3) is 0 Å². The molecule has 0 aliphatic heterocycles. The molecule has 4 nitrogen and oxygen atoms in total. The van der Waals surface area contributed by atoms with Crippen LogP contribution >= 0.6 is 0 Å². The minimum atomic E-state index is -0.530. The van der Waals surface area contributed by atoms with Gasteiger partial charge in [0.15, 0.2) is 0 Å². The zero-order valence-electron chi connectivity index (χ0n) is 15.0. The minimum absolute atomic E-state index is 0.257. The Labute approximate surface area is 144 Å². The van der Waals surface area contributed by atoms with Crippen molar-refractivity contribution < 1.29 is 13.9 Å². The van der Waals surface area contributed by atoms with Gasteiger partial charge in [-0.15, -0.1) is 0 Å². The van der Waals surface area contributed by atoms with Crippen molar-refractivity contribution in [3.8, 4) is 0 Å². The van der Waals surface area contributed by atoms with Gasteiger partial charge in [0.2, 0.25) is 0 Å². The second-order valence-corrected chi connectivity index (χ2v) is 6.94. The summed E-state index contributed by atoms with van der Waals surface area (Å²) >= 11 is 0. The summed E-state index contributed by atoms with van der Waals surface area (Å²) in [5.41, 5.74) is 0.602. The smallest absolute Gasteiger partial charge is 0.408 e. The van der Waals surface area contributed by atoms with Crippen LogP contribution in [-0.2, 0) is 17.6 Å². The first-order chi connectivity index (χ1) is 11.4. The van der Waals surface area contributed by atoms with E-state index < -0.39 is 11.7 Å². The fraction of sp³-hybridized carbons (Fsp3) is 0.450. The summed E-state index contributed by atoms with van der Waals surface area (Å²) in [6.07, 6.45) is 2.14. The lowest BCUT2D eigenvalue weighted by Gasteiger charge is -2.23. The van der Waals surface area contributed by atoms with E-state index in [1.807, 2.05) is 63.2 Å². The molecule has 0 saturated carbocycles. The average Bonchev–Trinajstić information content (AvgIpc) is 2.95. The van der Waals surface area contributed by atoms with Gasteiger partial charge in [-0.05, 0) is 44.9 Å². The van der Waals surface area contributed by atoms with E-state index in [9.17, 15) is 4.79 Å². The first-order valence-corrected chi connectivity index (χ1v) is 8.49. The molecule has 1 amide bonds. The monoisotopic (exact) mass is 329 g/mol. The predicted octanol–water partition coefficient (Wildman–Crippen LogP) is 5.04. The third kappa shape index (κ3) is 5.76. The molecule has 1 N–H and O–H groups in total. The molecule has 0 aliphatic rings. The third-order valence-electron chi connectivity index (χ3n) is 3.50. The van der Waals surface area contributed by atoms with Crippen molar-refractivity contribution in [2.45, 2.75) is 58.6 Å². The molecule has 2 aromatic rings. The van der Waals surface area contributed by atoms with Gasteiger partial charge in [-0.3, -0.25) is 0 Å². The summed E-state index contributed by atoms with van der Waals surface area (Å²) in [5, 5.41) is 2.94. The molecular weight excluding hydrogens is 302 g/mol. The number of ether oxygens (including phenoxy) is 1. The summed E-state index contributed by atoms with van der Waals surface area (Å²) in [4.78, 5) is 12.2. The van der Waals surface area contributed by atoms with Gasteiger partial charge < -0.3 is 14.5 Å². The van der Waals surface area contributed by atoms with Crippen LogP contribution < -0.4 is 5.32 Å². The number of benzene rings is 1. The van der Waals surface area contributed by atoms with E-state index in [2.05, 4.69) is 12.2 Å². The zero-order chi connectivity index (χ0) is 17.6. The Hall–Kier alpha value is -2.23. The van der Waals surface area contributed by atoms with Crippen molar-refractivity contribution in [1.82, 2.24) is 5.32 Å².